The third-order valence-corrected chi connectivity index (χ3v) is 6.53. The number of amides is 1. The molecule has 1 amide bonds. The van der Waals surface area contributed by atoms with Crippen LogP contribution in [0.25, 0.3) is 0 Å². The van der Waals surface area contributed by atoms with E-state index < -0.39 is 16.8 Å². The Morgan fingerprint density at radius 3 is 2.69 bits per heavy atom. The maximum Gasteiger partial charge on any atom is 0.417 e. The van der Waals surface area contributed by atoms with Gasteiger partial charge in [0, 0.05) is 30.4 Å². The summed E-state index contributed by atoms with van der Waals surface area (Å²) in [5.41, 5.74) is 1.89. The number of ether oxygens (including phenoxy) is 1. The summed E-state index contributed by atoms with van der Waals surface area (Å²) in [6.45, 7) is 1.49. The lowest BCUT2D eigenvalue weighted by molar-refractivity contribution is -0.137. The summed E-state index contributed by atoms with van der Waals surface area (Å²) < 4.78 is 45.5. The summed E-state index contributed by atoms with van der Waals surface area (Å²) in [5, 5.41) is 5.39. The van der Waals surface area contributed by atoms with Crippen LogP contribution in [0.4, 0.5) is 18.9 Å². The normalized spacial score (nSPS) is 17.1. The van der Waals surface area contributed by atoms with Gasteiger partial charge in [-0.1, -0.05) is 17.7 Å². The summed E-state index contributed by atoms with van der Waals surface area (Å²) in [7, 11) is 0. The van der Waals surface area contributed by atoms with E-state index in [9.17, 15) is 18.0 Å². The molecular weight excluding hydrogens is 493 g/mol. The number of nitrogens with one attached hydrogen (secondary N) is 2. The molecule has 2 N–H and O–H groups in total. The number of alkyl halides is 3. The van der Waals surface area contributed by atoms with Gasteiger partial charge in [0.1, 0.15) is 23.0 Å². The summed E-state index contributed by atoms with van der Waals surface area (Å²) in [6, 6.07) is 12.7. The van der Waals surface area contributed by atoms with E-state index in [0.717, 1.165) is 35.6 Å². The molecule has 5 rings (SSSR count). The molecule has 0 saturated carbocycles. The second-order valence-corrected chi connectivity index (χ2v) is 9.10. The zero-order valence-corrected chi connectivity index (χ0v) is 19.8. The molecule has 186 valence electrons. The summed E-state index contributed by atoms with van der Waals surface area (Å²) >= 11 is 5.68. The van der Waals surface area contributed by atoms with Gasteiger partial charge >= 0.3 is 6.18 Å². The third-order valence-electron chi connectivity index (χ3n) is 6.20. The number of aliphatic imine (C=N–C) groups is 1. The first kappa shape index (κ1) is 24.1. The molecule has 1 atom stereocenters. The number of halogens is 4. The number of rotatable bonds is 5. The Bertz CT molecular complexity index is 1340. The zero-order valence-electron chi connectivity index (χ0n) is 19.0. The molecule has 3 aromatic rings. The molecule has 0 unspecified atom stereocenters. The Morgan fingerprint density at radius 2 is 1.92 bits per heavy atom. The Balaban J connectivity index is 1.28. The summed E-state index contributed by atoms with van der Waals surface area (Å²) in [4.78, 5) is 21.6. The van der Waals surface area contributed by atoms with Crippen molar-refractivity contribution in [1.82, 2.24) is 10.3 Å². The van der Waals surface area contributed by atoms with Crippen molar-refractivity contribution in [2.24, 2.45) is 10.9 Å². The van der Waals surface area contributed by atoms with Gasteiger partial charge in [-0.25, -0.2) is 0 Å². The van der Waals surface area contributed by atoms with Gasteiger partial charge in [-0.3, -0.25) is 14.8 Å². The van der Waals surface area contributed by atoms with Crippen LogP contribution >= 0.6 is 11.6 Å². The molecule has 1 aliphatic carbocycles. The number of pyridine rings is 1. The monoisotopic (exact) mass is 514 g/mol. The number of nitrogens with zero attached hydrogens (tertiary/aromatic N) is 2. The van der Waals surface area contributed by atoms with Gasteiger partial charge in [-0.05, 0) is 66.8 Å². The number of carbonyl (C=O) groups is 1. The van der Waals surface area contributed by atoms with E-state index in [0.29, 0.717) is 43.0 Å². The Labute approximate surface area is 210 Å². The van der Waals surface area contributed by atoms with Crippen molar-refractivity contribution in [3.8, 4) is 11.5 Å². The highest BCUT2D eigenvalue weighted by Gasteiger charge is 2.34. The van der Waals surface area contributed by atoms with E-state index in [1.807, 2.05) is 24.3 Å². The number of hydrogen-bond donors (Lipinski definition) is 2. The van der Waals surface area contributed by atoms with Crippen LogP contribution in [-0.4, -0.2) is 29.8 Å². The van der Waals surface area contributed by atoms with E-state index >= 15 is 0 Å². The first-order valence-corrected chi connectivity index (χ1v) is 11.9. The van der Waals surface area contributed by atoms with Crippen molar-refractivity contribution in [3.05, 3.63) is 82.1 Å². The molecule has 0 fully saturated rings. The lowest BCUT2D eigenvalue weighted by Gasteiger charge is -2.24. The van der Waals surface area contributed by atoms with Gasteiger partial charge in [0.2, 0.25) is 5.91 Å². The van der Waals surface area contributed by atoms with Crippen LogP contribution in [0.15, 0.2) is 59.7 Å². The fourth-order valence-electron chi connectivity index (χ4n) is 4.40. The molecule has 36 heavy (non-hydrogen) atoms. The van der Waals surface area contributed by atoms with E-state index in [4.69, 9.17) is 16.3 Å². The van der Waals surface area contributed by atoms with Crippen LogP contribution in [-0.2, 0) is 23.8 Å². The SMILES string of the molecule is O=C(Nc1ccc(Cl)c(C(F)(F)F)c1)[C@H]1CCc2ccc(Oc3ccnc(C4=NCCN4)c3)cc2C1. The number of carbonyl (C=O) groups excluding carboxylic acids is 1. The number of hydrogen-bond acceptors (Lipinski definition) is 5. The van der Waals surface area contributed by atoms with Gasteiger partial charge < -0.3 is 15.4 Å². The average molecular weight is 515 g/mol. The molecule has 0 saturated heterocycles. The second kappa shape index (κ2) is 9.81. The molecule has 2 aromatic carbocycles. The van der Waals surface area contributed by atoms with E-state index in [1.54, 1.807) is 12.3 Å². The van der Waals surface area contributed by atoms with Crippen molar-refractivity contribution >= 4 is 29.0 Å². The highest BCUT2D eigenvalue weighted by atomic mass is 35.5. The van der Waals surface area contributed by atoms with Crippen LogP contribution in [0.5, 0.6) is 11.5 Å². The third kappa shape index (κ3) is 5.31. The number of aryl methyl sites for hydroxylation is 1. The number of amidine groups is 1. The van der Waals surface area contributed by atoms with Crippen molar-refractivity contribution in [2.45, 2.75) is 25.4 Å². The first-order valence-electron chi connectivity index (χ1n) is 11.5. The van der Waals surface area contributed by atoms with Gasteiger partial charge in [-0.15, -0.1) is 0 Å². The molecule has 0 spiro atoms. The second-order valence-electron chi connectivity index (χ2n) is 8.69. The van der Waals surface area contributed by atoms with Crippen molar-refractivity contribution < 1.29 is 22.7 Å². The fraction of sp³-hybridized carbons (Fsp3) is 0.269. The van der Waals surface area contributed by atoms with E-state index in [-0.39, 0.29) is 17.5 Å². The predicted molar refractivity (Wildman–Crippen MR) is 131 cm³/mol. The van der Waals surface area contributed by atoms with Crippen LogP contribution in [0, 0.1) is 5.92 Å². The fourth-order valence-corrected chi connectivity index (χ4v) is 4.62. The van der Waals surface area contributed by atoms with Crippen LogP contribution in [0.1, 0.15) is 28.8 Å². The predicted octanol–water partition coefficient (Wildman–Crippen LogP) is 5.64. The van der Waals surface area contributed by atoms with Crippen molar-refractivity contribution in [2.75, 3.05) is 18.4 Å². The maximum atomic E-state index is 13.2. The van der Waals surface area contributed by atoms with Gasteiger partial charge in [-0.2, -0.15) is 13.2 Å². The van der Waals surface area contributed by atoms with Gasteiger partial charge in [0.05, 0.1) is 17.1 Å². The average Bonchev–Trinajstić information content (AvgIpc) is 3.39. The minimum absolute atomic E-state index is 0.0643. The maximum absolute atomic E-state index is 13.2. The molecular formula is C26H22ClF3N4O2. The Hall–Kier alpha value is -3.59. The van der Waals surface area contributed by atoms with Crippen LogP contribution < -0.4 is 15.4 Å². The summed E-state index contributed by atoms with van der Waals surface area (Å²) in [6.07, 6.45) is -1.20. The van der Waals surface area contributed by atoms with Crippen molar-refractivity contribution in [1.29, 1.82) is 0 Å². The van der Waals surface area contributed by atoms with Gasteiger partial charge in [0.25, 0.3) is 0 Å². The molecule has 2 aliphatic rings. The highest BCUT2D eigenvalue weighted by Crippen LogP contribution is 2.37. The zero-order chi connectivity index (χ0) is 25.3. The van der Waals surface area contributed by atoms with Gasteiger partial charge in [0.15, 0.2) is 0 Å². The number of fused-ring (bicyclic) bond motifs is 1. The lowest BCUT2D eigenvalue weighted by Crippen LogP contribution is -2.28. The van der Waals surface area contributed by atoms with Crippen LogP contribution in [0.2, 0.25) is 5.02 Å². The molecule has 2 heterocycles. The largest absolute Gasteiger partial charge is 0.457 e. The van der Waals surface area contributed by atoms with Crippen LogP contribution in [0.3, 0.4) is 0 Å². The minimum atomic E-state index is -4.60. The number of benzene rings is 2. The summed E-state index contributed by atoms with van der Waals surface area (Å²) in [5.74, 6) is 1.27. The topological polar surface area (TPSA) is 75.6 Å². The number of anilines is 1. The van der Waals surface area contributed by atoms with Crippen molar-refractivity contribution in [3.63, 3.8) is 0 Å². The lowest BCUT2D eigenvalue weighted by atomic mass is 9.83. The smallest absolute Gasteiger partial charge is 0.417 e. The quantitative estimate of drug-likeness (QED) is 0.462. The molecule has 0 bridgehead atoms. The molecule has 1 aromatic heterocycles. The van der Waals surface area contributed by atoms with E-state index in [1.165, 1.54) is 6.07 Å². The molecule has 0 radical (unpaired) electrons. The standard InChI is InChI=1S/C26H22ClF3N4O2/c27-22-6-4-18(13-21(22)26(28,29)30)34-25(35)16-2-1-15-3-5-19(12-17(15)11-16)36-20-7-8-31-23(14-20)24-32-9-10-33-24/h3-8,12-14,16H,1-2,9-11H2,(H,32,33)(H,34,35)/t16-/m0/s1. The molecule has 10 heteroatoms. The number of aromatic nitrogens is 1. The first-order chi connectivity index (χ1) is 17.3. The minimum Gasteiger partial charge on any atom is -0.457 e. The molecule has 6 nitrogen and oxygen atoms in total. The molecule has 1 aliphatic heterocycles. The Kier molecular flexibility index (Phi) is 6.57. The highest BCUT2D eigenvalue weighted by molar-refractivity contribution is 6.31. The van der Waals surface area contributed by atoms with E-state index in [2.05, 4.69) is 20.6 Å². The Morgan fingerprint density at radius 1 is 1.08 bits per heavy atom.